The molecule has 1 saturated heterocycles. The van der Waals surface area contributed by atoms with Crippen LogP contribution in [0, 0.1) is 0 Å². The van der Waals surface area contributed by atoms with Crippen molar-refractivity contribution < 1.29 is 36.4 Å². The summed E-state index contributed by atoms with van der Waals surface area (Å²) in [6.07, 6.45) is -2.80. The second-order valence-electron chi connectivity index (χ2n) is 10.6. The number of carbonyl (C=O) groups is 2. The van der Waals surface area contributed by atoms with Crippen molar-refractivity contribution in [2.45, 2.75) is 76.9 Å². The van der Waals surface area contributed by atoms with E-state index in [1.807, 2.05) is 4.90 Å². The summed E-state index contributed by atoms with van der Waals surface area (Å²) in [5.74, 6) is -0.959. The average molecular weight is 670 g/mol. The number of nitrogen functional groups attached to an aromatic ring is 1. The fraction of sp³-hybridized carbons (Fsp3) is 0.500. The SMILES string of the molecule is CC(C)(C)OC(N)=O.CCS(=O)c1ccc(Cl)cc1CNC(=O)c1cc(OC(F)(F)F)c(CN2CCCCC2)c(Cl)c1N. The van der Waals surface area contributed by atoms with E-state index in [2.05, 4.69) is 14.8 Å². The summed E-state index contributed by atoms with van der Waals surface area (Å²) in [7, 11) is -1.31. The normalized spacial score (nSPS) is 14.7. The predicted molar refractivity (Wildman–Crippen MR) is 162 cm³/mol. The maximum atomic E-state index is 13.2. The Morgan fingerprint density at radius 1 is 1.09 bits per heavy atom. The van der Waals surface area contributed by atoms with Crippen LogP contribution in [0.5, 0.6) is 5.75 Å². The number of carbonyl (C=O) groups excluding carboxylic acids is 2. The Labute approximate surface area is 261 Å². The fourth-order valence-electron chi connectivity index (χ4n) is 4.21. The Bertz CT molecular complexity index is 1320. The summed E-state index contributed by atoms with van der Waals surface area (Å²) in [5.41, 5.74) is 10.6. The Kier molecular flexibility index (Phi) is 13.4. The molecule has 0 bridgehead atoms. The fourth-order valence-corrected chi connectivity index (χ4v) is 5.62. The molecule has 3 rings (SSSR count). The third-order valence-corrected chi connectivity index (χ3v) is 8.12. The molecular formula is C28H37Cl2F3N4O5S. The molecule has 43 heavy (non-hydrogen) atoms. The van der Waals surface area contributed by atoms with E-state index in [9.17, 15) is 27.0 Å². The molecule has 2 amide bonds. The molecule has 240 valence electrons. The number of rotatable bonds is 8. The van der Waals surface area contributed by atoms with Crippen LogP contribution in [0.25, 0.3) is 0 Å². The van der Waals surface area contributed by atoms with E-state index in [0.717, 1.165) is 25.3 Å². The second kappa shape index (κ2) is 15.8. The number of amides is 2. The number of hydrogen-bond acceptors (Lipinski definition) is 7. The molecule has 5 N–H and O–H groups in total. The Morgan fingerprint density at radius 3 is 2.23 bits per heavy atom. The third-order valence-electron chi connectivity index (χ3n) is 6.04. The predicted octanol–water partition coefficient (Wildman–Crippen LogP) is 6.40. The summed E-state index contributed by atoms with van der Waals surface area (Å²) >= 11 is 12.4. The summed E-state index contributed by atoms with van der Waals surface area (Å²) in [4.78, 5) is 25.4. The lowest BCUT2D eigenvalue weighted by atomic mass is 10.0. The van der Waals surface area contributed by atoms with Gasteiger partial charge in [-0.2, -0.15) is 0 Å². The van der Waals surface area contributed by atoms with E-state index in [1.165, 1.54) is 0 Å². The number of hydrogen-bond donors (Lipinski definition) is 3. The molecule has 2 aromatic carbocycles. The molecule has 1 aliphatic rings. The highest BCUT2D eigenvalue weighted by Gasteiger charge is 2.34. The number of nitrogens with one attached hydrogen (secondary N) is 1. The smallest absolute Gasteiger partial charge is 0.444 e. The van der Waals surface area contributed by atoms with Gasteiger partial charge in [-0.3, -0.25) is 13.9 Å². The number of anilines is 1. The maximum absolute atomic E-state index is 13.2. The molecule has 9 nitrogen and oxygen atoms in total. The minimum Gasteiger partial charge on any atom is -0.444 e. The zero-order chi connectivity index (χ0) is 32.5. The van der Waals surface area contributed by atoms with Crippen molar-refractivity contribution in [2.24, 2.45) is 5.73 Å². The van der Waals surface area contributed by atoms with Gasteiger partial charge in [-0.05, 0) is 76.5 Å². The Hall–Kier alpha value is -2.74. The molecular weight excluding hydrogens is 632 g/mol. The van der Waals surface area contributed by atoms with Crippen molar-refractivity contribution in [3.63, 3.8) is 0 Å². The zero-order valence-electron chi connectivity index (χ0n) is 24.4. The van der Waals surface area contributed by atoms with E-state index in [4.69, 9.17) is 34.7 Å². The lowest BCUT2D eigenvalue weighted by Gasteiger charge is -2.28. The van der Waals surface area contributed by atoms with Crippen LogP contribution in [0.1, 0.15) is 68.4 Å². The lowest BCUT2D eigenvalue weighted by Crippen LogP contribution is -2.30. The first kappa shape index (κ1) is 36.5. The number of primary amides is 1. The molecule has 0 radical (unpaired) electrons. The van der Waals surface area contributed by atoms with Gasteiger partial charge in [0.25, 0.3) is 5.91 Å². The molecule has 0 spiro atoms. The Balaban J connectivity index is 0.000000708. The van der Waals surface area contributed by atoms with Crippen LogP contribution >= 0.6 is 23.2 Å². The van der Waals surface area contributed by atoms with E-state index in [0.29, 0.717) is 34.3 Å². The number of nitrogens with zero attached hydrogens (tertiary/aromatic N) is 1. The van der Waals surface area contributed by atoms with Crippen LogP contribution in [0.15, 0.2) is 29.2 Å². The topological polar surface area (TPSA) is 137 Å². The molecule has 0 aromatic heterocycles. The second-order valence-corrected chi connectivity index (χ2v) is 13.1. The van der Waals surface area contributed by atoms with Crippen LogP contribution in [0.4, 0.5) is 23.7 Å². The van der Waals surface area contributed by atoms with Gasteiger partial charge in [-0.25, -0.2) is 4.79 Å². The zero-order valence-corrected chi connectivity index (χ0v) is 26.7. The summed E-state index contributed by atoms with van der Waals surface area (Å²) < 4.78 is 60.7. The van der Waals surface area contributed by atoms with Gasteiger partial charge in [0.2, 0.25) is 0 Å². The third kappa shape index (κ3) is 12.0. The van der Waals surface area contributed by atoms with Gasteiger partial charge in [0, 0.05) is 34.3 Å². The highest BCUT2D eigenvalue weighted by atomic mass is 35.5. The first-order valence-electron chi connectivity index (χ1n) is 13.4. The van der Waals surface area contributed by atoms with E-state index >= 15 is 0 Å². The number of halogens is 5. The van der Waals surface area contributed by atoms with Gasteiger partial charge in [0.05, 0.1) is 27.1 Å². The highest BCUT2D eigenvalue weighted by molar-refractivity contribution is 7.85. The van der Waals surface area contributed by atoms with Crippen LogP contribution in [-0.2, 0) is 28.6 Å². The van der Waals surface area contributed by atoms with Crippen molar-refractivity contribution in [2.75, 3.05) is 24.6 Å². The number of benzene rings is 2. The van der Waals surface area contributed by atoms with Crippen molar-refractivity contribution in [3.8, 4) is 5.75 Å². The number of piperidine rings is 1. The van der Waals surface area contributed by atoms with E-state index in [-0.39, 0.29) is 34.9 Å². The number of alkyl halides is 3. The van der Waals surface area contributed by atoms with Gasteiger partial charge < -0.3 is 26.3 Å². The van der Waals surface area contributed by atoms with Crippen LogP contribution in [0.2, 0.25) is 10.0 Å². The average Bonchev–Trinajstić information content (AvgIpc) is 2.89. The monoisotopic (exact) mass is 668 g/mol. The number of likely N-dealkylation sites (tertiary alicyclic amines) is 1. The quantitative estimate of drug-likeness (QED) is 0.277. The first-order chi connectivity index (χ1) is 19.9. The molecule has 0 aliphatic carbocycles. The van der Waals surface area contributed by atoms with Gasteiger partial charge in [0.15, 0.2) is 0 Å². The van der Waals surface area contributed by atoms with Crippen molar-refractivity contribution in [3.05, 3.63) is 51.0 Å². The standard InChI is InChI=1S/C23H26Cl2F3N3O3S.C5H11NO2/c1-2-35(33)19-7-6-15(24)10-14(19)12-30-22(32)16-11-18(34-23(26,27)28)17(20(25)21(16)29)13-31-8-4-3-5-9-31;1-5(2,3)8-4(6)7/h6-7,10-11H,2-5,8-9,12-13,29H2,1H3,(H,30,32);1-3H3,(H2,6,7). The first-order valence-corrected chi connectivity index (χ1v) is 15.5. The summed E-state index contributed by atoms with van der Waals surface area (Å²) in [5, 5.41) is 2.83. The number of nitrogens with two attached hydrogens (primary N) is 2. The minimum absolute atomic E-state index is 0.0669. The lowest BCUT2D eigenvalue weighted by molar-refractivity contribution is -0.275. The van der Waals surface area contributed by atoms with E-state index in [1.54, 1.807) is 45.9 Å². The highest BCUT2D eigenvalue weighted by Crippen LogP contribution is 2.38. The van der Waals surface area contributed by atoms with Gasteiger partial charge in [0.1, 0.15) is 11.4 Å². The van der Waals surface area contributed by atoms with Crippen LogP contribution in [0.3, 0.4) is 0 Å². The van der Waals surface area contributed by atoms with Crippen molar-refractivity contribution in [1.29, 1.82) is 0 Å². The van der Waals surface area contributed by atoms with Gasteiger partial charge in [-0.15, -0.1) is 13.2 Å². The van der Waals surface area contributed by atoms with Gasteiger partial charge in [-0.1, -0.05) is 36.5 Å². The molecule has 1 heterocycles. The molecule has 2 aromatic rings. The molecule has 15 heteroatoms. The largest absolute Gasteiger partial charge is 0.573 e. The van der Waals surface area contributed by atoms with Crippen molar-refractivity contribution in [1.82, 2.24) is 10.2 Å². The maximum Gasteiger partial charge on any atom is 0.573 e. The molecule has 0 saturated carbocycles. The Morgan fingerprint density at radius 2 is 1.72 bits per heavy atom. The van der Waals surface area contributed by atoms with Gasteiger partial charge >= 0.3 is 12.5 Å². The minimum atomic E-state index is -4.98. The molecule has 1 atom stereocenters. The number of ether oxygens (including phenoxy) is 2. The molecule has 1 unspecified atom stereocenters. The molecule has 1 fully saturated rings. The van der Waals surface area contributed by atoms with Crippen LogP contribution in [-0.4, -0.2) is 51.9 Å². The molecule has 1 aliphatic heterocycles. The van der Waals surface area contributed by atoms with Crippen LogP contribution < -0.4 is 21.5 Å². The summed E-state index contributed by atoms with van der Waals surface area (Å²) in [6, 6.07) is 5.74. The summed E-state index contributed by atoms with van der Waals surface area (Å²) in [6.45, 7) is 8.51. The van der Waals surface area contributed by atoms with Crippen molar-refractivity contribution >= 4 is 51.7 Å². The van der Waals surface area contributed by atoms with E-state index < -0.39 is 40.5 Å².